The molecule has 2 heterocycles. The minimum absolute atomic E-state index is 0.537. The lowest BCUT2D eigenvalue weighted by atomic mass is 10.1. The van der Waals surface area contributed by atoms with Crippen molar-refractivity contribution in [1.82, 2.24) is 9.97 Å². The van der Waals surface area contributed by atoms with Crippen LogP contribution in [0.25, 0.3) is 21.3 Å². The lowest BCUT2D eigenvalue weighted by molar-refractivity contribution is -0.106. The summed E-state index contributed by atoms with van der Waals surface area (Å²) in [6.45, 7) is 5.44. The van der Waals surface area contributed by atoms with Gasteiger partial charge in [0.15, 0.2) is 5.13 Å². The van der Waals surface area contributed by atoms with E-state index in [9.17, 15) is 0 Å². The van der Waals surface area contributed by atoms with E-state index in [0.717, 1.165) is 32.8 Å². The van der Waals surface area contributed by atoms with Crippen LogP contribution in [0.1, 0.15) is 20.8 Å². The van der Waals surface area contributed by atoms with Gasteiger partial charge in [-0.25, -0.2) is 9.97 Å². The Bertz CT molecular complexity index is 738. The van der Waals surface area contributed by atoms with Crippen molar-refractivity contribution in [2.24, 2.45) is 0 Å². The molecule has 0 aliphatic heterocycles. The molecule has 3 N–H and O–H groups in total. The Balaban J connectivity index is 0.000000477. The van der Waals surface area contributed by atoms with Crippen molar-refractivity contribution in [2.45, 2.75) is 20.8 Å². The normalized spacial score (nSPS) is 9.22. The quantitative estimate of drug-likeness (QED) is 0.688. The van der Waals surface area contributed by atoms with Crippen molar-refractivity contribution in [2.75, 3.05) is 18.1 Å². The summed E-state index contributed by atoms with van der Waals surface area (Å²) in [5.41, 5.74) is 8.79. The molecule has 0 fully saturated rings. The fourth-order valence-electron chi connectivity index (χ4n) is 1.79. The zero-order chi connectivity index (χ0) is 17.2. The number of nitrogens with one attached hydrogen (secondary N) is 1. The highest BCUT2D eigenvalue weighted by molar-refractivity contribution is 7.22. The molecule has 23 heavy (non-hydrogen) atoms. The van der Waals surface area contributed by atoms with Gasteiger partial charge in [0.25, 0.3) is 0 Å². The number of nitrogens with zero attached hydrogens (tertiary/aromatic N) is 2. The third kappa shape index (κ3) is 5.03. The third-order valence-corrected chi connectivity index (χ3v) is 3.76. The number of thiazole rings is 1. The first-order valence-corrected chi connectivity index (χ1v) is 8.19. The molecule has 122 valence electrons. The Kier molecular flexibility index (Phi) is 7.70. The van der Waals surface area contributed by atoms with Crippen LogP contribution in [0.2, 0.25) is 0 Å². The number of rotatable bonds is 2. The molecular formula is C17H22N4OS. The van der Waals surface area contributed by atoms with E-state index < -0.39 is 0 Å². The lowest BCUT2D eigenvalue weighted by Gasteiger charge is -2.01. The smallest absolute Gasteiger partial charge is 0.183 e. The zero-order valence-corrected chi connectivity index (χ0v) is 14.6. The Morgan fingerprint density at radius 1 is 1.17 bits per heavy atom. The predicted octanol–water partition coefficient (Wildman–Crippen LogP) is 4.21. The van der Waals surface area contributed by atoms with Gasteiger partial charge in [-0.2, -0.15) is 0 Å². The summed E-state index contributed by atoms with van der Waals surface area (Å²) in [4.78, 5) is 17.4. The summed E-state index contributed by atoms with van der Waals surface area (Å²) >= 11 is 1.64. The molecule has 0 saturated carbocycles. The van der Waals surface area contributed by atoms with Gasteiger partial charge in [-0.1, -0.05) is 31.3 Å². The van der Waals surface area contributed by atoms with Crippen molar-refractivity contribution in [1.29, 1.82) is 0 Å². The Labute approximate surface area is 140 Å². The molecule has 0 aliphatic carbocycles. The Hall–Kier alpha value is -2.47. The first-order valence-electron chi connectivity index (χ1n) is 7.38. The second kappa shape index (κ2) is 9.53. The van der Waals surface area contributed by atoms with Crippen LogP contribution in [-0.2, 0) is 4.79 Å². The number of hydrogen-bond acceptors (Lipinski definition) is 6. The van der Waals surface area contributed by atoms with Crippen LogP contribution in [-0.4, -0.2) is 23.3 Å². The Morgan fingerprint density at radius 3 is 2.39 bits per heavy atom. The molecule has 1 aromatic carbocycles. The second-order valence-corrected chi connectivity index (χ2v) is 5.19. The fraction of sp³-hybridized carbons (Fsp3) is 0.235. The van der Waals surface area contributed by atoms with Crippen LogP contribution in [0.4, 0.5) is 10.9 Å². The minimum Gasteiger partial charge on any atom is -0.384 e. The average Bonchev–Trinajstić information content (AvgIpc) is 3.00. The number of aldehydes is 1. The Morgan fingerprint density at radius 2 is 1.83 bits per heavy atom. The fourth-order valence-corrected chi connectivity index (χ4v) is 2.65. The summed E-state index contributed by atoms with van der Waals surface area (Å²) < 4.78 is 1.16. The first-order chi connectivity index (χ1) is 11.2. The number of anilines is 2. The third-order valence-electron chi connectivity index (χ3n) is 2.72. The van der Waals surface area contributed by atoms with Crippen LogP contribution in [0.3, 0.4) is 0 Å². The topological polar surface area (TPSA) is 80.9 Å². The number of fused-ring (bicyclic) bond motifs is 1. The first kappa shape index (κ1) is 18.6. The molecule has 6 heteroatoms. The molecule has 0 bridgehead atoms. The molecule has 0 saturated heterocycles. The summed E-state index contributed by atoms with van der Waals surface area (Å²) in [5, 5.41) is 3.99. The largest absolute Gasteiger partial charge is 0.384 e. The van der Waals surface area contributed by atoms with Crippen molar-refractivity contribution in [3.8, 4) is 11.1 Å². The molecule has 3 aromatic rings. The number of nitrogens with two attached hydrogens (primary N) is 1. The van der Waals surface area contributed by atoms with E-state index in [1.165, 1.54) is 6.92 Å². The van der Waals surface area contributed by atoms with Gasteiger partial charge >= 0.3 is 0 Å². The molecular weight excluding hydrogens is 308 g/mol. The van der Waals surface area contributed by atoms with E-state index in [-0.39, 0.29) is 0 Å². The average molecular weight is 330 g/mol. The molecule has 5 nitrogen and oxygen atoms in total. The highest BCUT2D eigenvalue weighted by Crippen LogP contribution is 2.30. The minimum atomic E-state index is 0.537. The van der Waals surface area contributed by atoms with Crippen LogP contribution in [0.5, 0.6) is 0 Å². The van der Waals surface area contributed by atoms with Crippen LogP contribution in [0, 0.1) is 0 Å². The molecule has 0 spiro atoms. The van der Waals surface area contributed by atoms with E-state index in [1.807, 2.05) is 39.1 Å². The zero-order valence-electron chi connectivity index (χ0n) is 13.8. The molecule has 3 rings (SSSR count). The molecule has 2 aromatic heterocycles. The van der Waals surface area contributed by atoms with Crippen molar-refractivity contribution < 1.29 is 4.79 Å². The molecule has 0 unspecified atom stereocenters. The van der Waals surface area contributed by atoms with E-state index >= 15 is 0 Å². The van der Waals surface area contributed by atoms with Gasteiger partial charge in [-0.3, -0.25) is 0 Å². The summed E-state index contributed by atoms with van der Waals surface area (Å²) in [6.07, 6.45) is 2.54. The number of benzene rings is 1. The monoisotopic (exact) mass is 330 g/mol. The highest BCUT2D eigenvalue weighted by atomic mass is 32.1. The van der Waals surface area contributed by atoms with Gasteiger partial charge in [0.1, 0.15) is 12.1 Å². The number of hydrogen-bond donors (Lipinski definition) is 2. The number of carbonyl (C=O) groups excluding carboxylic acids is 1. The van der Waals surface area contributed by atoms with Gasteiger partial charge in [0.2, 0.25) is 0 Å². The van der Waals surface area contributed by atoms with Gasteiger partial charge in [0.05, 0.1) is 10.2 Å². The maximum absolute atomic E-state index is 8.81. The van der Waals surface area contributed by atoms with Crippen LogP contribution < -0.4 is 11.1 Å². The predicted molar refractivity (Wildman–Crippen MR) is 99.9 cm³/mol. The van der Waals surface area contributed by atoms with E-state index in [2.05, 4.69) is 27.4 Å². The van der Waals surface area contributed by atoms with Gasteiger partial charge < -0.3 is 15.8 Å². The number of nitrogen functional groups attached to an aromatic ring is 1. The van der Waals surface area contributed by atoms with Crippen molar-refractivity contribution in [3.05, 3.63) is 36.5 Å². The lowest BCUT2D eigenvalue weighted by Crippen LogP contribution is -1.88. The van der Waals surface area contributed by atoms with Gasteiger partial charge in [0, 0.05) is 18.8 Å². The van der Waals surface area contributed by atoms with Crippen LogP contribution in [0.15, 0.2) is 36.5 Å². The summed E-state index contributed by atoms with van der Waals surface area (Å²) in [6, 6.07) is 9.99. The number of carbonyl (C=O) groups is 1. The number of aromatic nitrogens is 2. The van der Waals surface area contributed by atoms with Crippen LogP contribution >= 0.6 is 11.3 Å². The maximum Gasteiger partial charge on any atom is 0.183 e. The second-order valence-electron chi connectivity index (χ2n) is 4.16. The van der Waals surface area contributed by atoms with E-state index in [4.69, 9.17) is 10.5 Å². The van der Waals surface area contributed by atoms with Gasteiger partial charge in [-0.05, 0) is 36.8 Å². The summed E-state index contributed by atoms with van der Waals surface area (Å²) in [5.74, 6) is 0.537. The molecule has 0 radical (unpaired) electrons. The molecule has 0 amide bonds. The molecule has 0 atom stereocenters. The van der Waals surface area contributed by atoms with Crippen molar-refractivity contribution >= 4 is 38.8 Å². The SMILES string of the molecule is CC.CC=O.CNc1nc2ccc(-c3ccc(N)nc3)cc2s1. The number of pyridine rings is 1. The van der Waals surface area contributed by atoms with Crippen molar-refractivity contribution in [3.63, 3.8) is 0 Å². The van der Waals surface area contributed by atoms with E-state index in [0.29, 0.717) is 5.82 Å². The maximum atomic E-state index is 8.81. The van der Waals surface area contributed by atoms with E-state index in [1.54, 1.807) is 17.5 Å². The summed E-state index contributed by atoms with van der Waals surface area (Å²) in [7, 11) is 1.88. The molecule has 0 aliphatic rings. The standard InChI is InChI=1S/C13H12N4S.C2H4O.C2H6/c1-15-13-17-10-4-2-8(6-11(10)18-13)9-3-5-12(14)16-7-9;1-2-3;1-2/h2-7H,1H3,(H2,14,16)(H,15,17);2H,1H3;1-2H3. The highest BCUT2D eigenvalue weighted by Gasteiger charge is 2.05. The van der Waals surface area contributed by atoms with Gasteiger partial charge in [-0.15, -0.1) is 0 Å².